The number of hydrogen-bond donors (Lipinski definition) is 1. The summed E-state index contributed by atoms with van der Waals surface area (Å²) in [5, 5.41) is 14.2. The lowest BCUT2D eigenvalue weighted by Crippen LogP contribution is -2.16. The standard InChI is InChI=1S/C13H14N2O3/c16-11(9-15-5-1-4-14-15)10-2-3-12-13(8-10)18-7-6-17-12/h1-5,8,11,16H,6-7,9H2/t11-/m1/s1. The van der Waals surface area contributed by atoms with Crippen molar-refractivity contribution in [3.8, 4) is 11.5 Å². The van der Waals surface area contributed by atoms with Gasteiger partial charge in [-0.3, -0.25) is 4.68 Å². The van der Waals surface area contributed by atoms with Gasteiger partial charge in [-0.1, -0.05) is 6.07 Å². The van der Waals surface area contributed by atoms with Crippen LogP contribution in [0.4, 0.5) is 0 Å². The average molecular weight is 246 g/mol. The smallest absolute Gasteiger partial charge is 0.161 e. The zero-order valence-electron chi connectivity index (χ0n) is 9.82. The number of rotatable bonds is 3. The molecule has 0 bridgehead atoms. The van der Waals surface area contributed by atoms with Crippen LogP contribution in [0.3, 0.4) is 0 Å². The number of fused-ring (bicyclic) bond motifs is 1. The van der Waals surface area contributed by atoms with E-state index in [1.165, 1.54) is 0 Å². The van der Waals surface area contributed by atoms with Gasteiger partial charge in [-0.15, -0.1) is 0 Å². The summed E-state index contributed by atoms with van der Waals surface area (Å²) in [7, 11) is 0. The Morgan fingerprint density at radius 2 is 2.11 bits per heavy atom. The Labute approximate surface area is 105 Å². The molecule has 1 N–H and O–H groups in total. The van der Waals surface area contributed by atoms with Crippen molar-refractivity contribution in [3.05, 3.63) is 42.2 Å². The Balaban J connectivity index is 1.79. The summed E-state index contributed by atoms with van der Waals surface area (Å²) in [6.07, 6.45) is 2.90. The molecule has 0 fully saturated rings. The molecule has 0 saturated heterocycles. The van der Waals surface area contributed by atoms with Crippen LogP contribution in [-0.2, 0) is 6.54 Å². The lowest BCUT2D eigenvalue weighted by atomic mass is 10.1. The van der Waals surface area contributed by atoms with Gasteiger partial charge in [-0.05, 0) is 23.8 Å². The molecule has 0 amide bonds. The van der Waals surface area contributed by atoms with Crippen LogP contribution in [0.25, 0.3) is 0 Å². The van der Waals surface area contributed by atoms with Crippen molar-refractivity contribution >= 4 is 0 Å². The highest BCUT2D eigenvalue weighted by atomic mass is 16.6. The van der Waals surface area contributed by atoms with Crippen LogP contribution in [0.2, 0.25) is 0 Å². The van der Waals surface area contributed by atoms with E-state index in [0.717, 1.165) is 11.3 Å². The zero-order chi connectivity index (χ0) is 12.4. The van der Waals surface area contributed by atoms with E-state index < -0.39 is 6.10 Å². The predicted octanol–water partition coefficient (Wildman–Crippen LogP) is 1.39. The van der Waals surface area contributed by atoms with E-state index in [4.69, 9.17) is 9.47 Å². The molecule has 5 heteroatoms. The summed E-state index contributed by atoms with van der Waals surface area (Å²) in [5.41, 5.74) is 0.801. The molecule has 0 saturated carbocycles. The second kappa shape index (κ2) is 4.70. The van der Waals surface area contributed by atoms with Crippen molar-refractivity contribution in [3.63, 3.8) is 0 Å². The molecule has 3 rings (SSSR count). The largest absolute Gasteiger partial charge is 0.486 e. The van der Waals surface area contributed by atoms with Crippen LogP contribution in [0.15, 0.2) is 36.7 Å². The summed E-state index contributed by atoms with van der Waals surface area (Å²) < 4.78 is 12.6. The molecule has 1 atom stereocenters. The second-order valence-corrected chi connectivity index (χ2v) is 4.15. The lowest BCUT2D eigenvalue weighted by Gasteiger charge is -2.20. The molecule has 1 aromatic carbocycles. The van der Waals surface area contributed by atoms with Gasteiger partial charge in [-0.2, -0.15) is 5.10 Å². The van der Waals surface area contributed by atoms with Crippen LogP contribution in [-0.4, -0.2) is 28.1 Å². The molecule has 2 heterocycles. The highest BCUT2D eigenvalue weighted by Crippen LogP contribution is 2.32. The van der Waals surface area contributed by atoms with Crippen molar-refractivity contribution in [2.45, 2.75) is 12.6 Å². The summed E-state index contributed by atoms with van der Waals surface area (Å²) in [4.78, 5) is 0. The SMILES string of the molecule is O[C@H](Cn1cccn1)c1ccc2c(c1)OCCO2. The third-order valence-electron chi connectivity index (χ3n) is 2.87. The van der Waals surface area contributed by atoms with Crippen molar-refractivity contribution < 1.29 is 14.6 Å². The van der Waals surface area contributed by atoms with Crippen molar-refractivity contribution in [1.82, 2.24) is 9.78 Å². The molecule has 1 aliphatic rings. The first-order valence-corrected chi connectivity index (χ1v) is 5.88. The van der Waals surface area contributed by atoms with E-state index in [1.807, 2.05) is 30.5 Å². The molecule has 0 radical (unpaired) electrons. The number of aromatic nitrogens is 2. The van der Waals surface area contributed by atoms with Gasteiger partial charge >= 0.3 is 0 Å². The Morgan fingerprint density at radius 1 is 1.28 bits per heavy atom. The average Bonchev–Trinajstić information content (AvgIpc) is 2.91. The Morgan fingerprint density at radius 3 is 2.89 bits per heavy atom. The molecule has 0 unspecified atom stereocenters. The zero-order valence-corrected chi connectivity index (χ0v) is 9.82. The van der Waals surface area contributed by atoms with E-state index >= 15 is 0 Å². The van der Waals surface area contributed by atoms with Crippen LogP contribution >= 0.6 is 0 Å². The summed E-state index contributed by atoms with van der Waals surface area (Å²) in [5.74, 6) is 1.43. The van der Waals surface area contributed by atoms with Gasteiger partial charge in [0.1, 0.15) is 13.2 Å². The van der Waals surface area contributed by atoms with Gasteiger partial charge in [0, 0.05) is 12.4 Å². The maximum atomic E-state index is 10.1. The third-order valence-corrected chi connectivity index (χ3v) is 2.87. The molecular formula is C13H14N2O3. The van der Waals surface area contributed by atoms with E-state index in [2.05, 4.69) is 5.10 Å². The van der Waals surface area contributed by atoms with E-state index in [0.29, 0.717) is 25.5 Å². The fourth-order valence-corrected chi connectivity index (χ4v) is 1.96. The number of ether oxygens (including phenoxy) is 2. The Bertz CT molecular complexity index is 525. The monoisotopic (exact) mass is 246 g/mol. The molecule has 94 valence electrons. The summed E-state index contributed by atoms with van der Waals surface area (Å²) in [6.45, 7) is 1.54. The van der Waals surface area contributed by atoms with Gasteiger partial charge in [0.15, 0.2) is 11.5 Å². The lowest BCUT2D eigenvalue weighted by molar-refractivity contribution is 0.147. The van der Waals surface area contributed by atoms with Gasteiger partial charge < -0.3 is 14.6 Å². The van der Waals surface area contributed by atoms with E-state index in [9.17, 15) is 5.11 Å². The molecule has 2 aromatic rings. The fraction of sp³-hybridized carbons (Fsp3) is 0.308. The van der Waals surface area contributed by atoms with Crippen molar-refractivity contribution in [1.29, 1.82) is 0 Å². The van der Waals surface area contributed by atoms with Gasteiger partial charge in [-0.25, -0.2) is 0 Å². The molecule has 0 aliphatic carbocycles. The first-order valence-electron chi connectivity index (χ1n) is 5.88. The Kier molecular flexibility index (Phi) is 2.90. The molecule has 1 aliphatic heterocycles. The van der Waals surface area contributed by atoms with Crippen LogP contribution < -0.4 is 9.47 Å². The maximum Gasteiger partial charge on any atom is 0.161 e. The molecule has 5 nitrogen and oxygen atoms in total. The van der Waals surface area contributed by atoms with Crippen LogP contribution in [0.1, 0.15) is 11.7 Å². The van der Waals surface area contributed by atoms with Crippen LogP contribution in [0, 0.1) is 0 Å². The normalized spacial score (nSPS) is 15.4. The van der Waals surface area contributed by atoms with E-state index in [-0.39, 0.29) is 0 Å². The second-order valence-electron chi connectivity index (χ2n) is 4.15. The Hall–Kier alpha value is -2.01. The topological polar surface area (TPSA) is 56.5 Å². The fourth-order valence-electron chi connectivity index (χ4n) is 1.96. The minimum Gasteiger partial charge on any atom is -0.486 e. The minimum absolute atomic E-state index is 0.423. The first kappa shape index (κ1) is 11.1. The number of aliphatic hydroxyl groups is 1. The van der Waals surface area contributed by atoms with Crippen LogP contribution in [0.5, 0.6) is 11.5 Å². The quantitative estimate of drug-likeness (QED) is 0.889. The summed E-state index contributed by atoms with van der Waals surface area (Å²) >= 11 is 0. The van der Waals surface area contributed by atoms with Gasteiger partial charge in [0.05, 0.1) is 12.6 Å². The summed E-state index contributed by atoms with van der Waals surface area (Å²) in [6, 6.07) is 7.33. The molecule has 0 spiro atoms. The maximum absolute atomic E-state index is 10.1. The number of benzene rings is 1. The predicted molar refractivity (Wildman–Crippen MR) is 64.6 cm³/mol. The van der Waals surface area contributed by atoms with Crippen molar-refractivity contribution in [2.75, 3.05) is 13.2 Å². The third kappa shape index (κ3) is 2.17. The van der Waals surface area contributed by atoms with Gasteiger partial charge in [0.25, 0.3) is 0 Å². The first-order chi connectivity index (χ1) is 8.83. The van der Waals surface area contributed by atoms with Gasteiger partial charge in [0.2, 0.25) is 0 Å². The molecule has 18 heavy (non-hydrogen) atoms. The molecular weight excluding hydrogens is 232 g/mol. The molecule has 1 aromatic heterocycles. The minimum atomic E-state index is -0.610. The van der Waals surface area contributed by atoms with Crippen molar-refractivity contribution in [2.24, 2.45) is 0 Å². The highest BCUT2D eigenvalue weighted by Gasteiger charge is 2.15. The number of nitrogens with zero attached hydrogens (tertiary/aromatic N) is 2. The number of aliphatic hydroxyl groups excluding tert-OH is 1. The van der Waals surface area contributed by atoms with E-state index in [1.54, 1.807) is 10.9 Å². The highest BCUT2D eigenvalue weighted by molar-refractivity contribution is 5.44. The number of hydrogen-bond acceptors (Lipinski definition) is 4.